The minimum absolute atomic E-state index is 0.684. The molecule has 0 spiro atoms. The van der Waals surface area contributed by atoms with Crippen LogP contribution in [-0.2, 0) is 11.3 Å². The highest BCUT2D eigenvalue weighted by molar-refractivity contribution is 6.34. The van der Waals surface area contributed by atoms with Gasteiger partial charge in [-0.3, -0.25) is 0 Å². The molecule has 2 rings (SSSR count). The minimum Gasteiger partial charge on any atom is -0.399 e. The Labute approximate surface area is 112 Å². The molecule has 0 saturated heterocycles. The van der Waals surface area contributed by atoms with E-state index in [-0.39, 0.29) is 0 Å². The van der Waals surface area contributed by atoms with Crippen molar-refractivity contribution in [3.05, 3.63) is 70.7 Å². The Morgan fingerprint density at radius 3 is 2.39 bits per heavy atom. The van der Waals surface area contributed by atoms with Gasteiger partial charge < -0.3 is 4.84 Å². The Bertz CT molecular complexity index is 537. The van der Waals surface area contributed by atoms with E-state index in [1.54, 1.807) is 7.11 Å². The molecular formula is C15H14ClNO. The number of nitrogens with zero attached hydrogens (tertiary/aromatic N) is 1. The smallest absolute Gasteiger partial charge is 0.106 e. The Morgan fingerprint density at radius 2 is 1.72 bits per heavy atom. The lowest BCUT2D eigenvalue weighted by molar-refractivity contribution is 0.213. The van der Waals surface area contributed by atoms with Gasteiger partial charge >= 0.3 is 0 Å². The lowest BCUT2D eigenvalue weighted by Crippen LogP contribution is -2.06. The van der Waals surface area contributed by atoms with E-state index in [0.717, 1.165) is 11.3 Å². The number of oxime groups is 1. The summed E-state index contributed by atoms with van der Waals surface area (Å²) in [5, 5.41) is 4.77. The second-order valence-corrected chi connectivity index (χ2v) is 4.27. The minimum atomic E-state index is 0.684. The summed E-state index contributed by atoms with van der Waals surface area (Å²) in [5.74, 6) is 0. The molecule has 0 aliphatic carbocycles. The van der Waals surface area contributed by atoms with Gasteiger partial charge in [0, 0.05) is 17.0 Å². The average molecular weight is 260 g/mol. The molecule has 0 aliphatic heterocycles. The fourth-order valence-corrected chi connectivity index (χ4v) is 2.02. The third-order valence-electron chi connectivity index (χ3n) is 2.60. The van der Waals surface area contributed by atoms with Crippen LogP contribution >= 0.6 is 11.6 Å². The Balaban J connectivity index is 2.31. The second-order valence-electron chi connectivity index (χ2n) is 3.86. The molecule has 0 radical (unpaired) electrons. The molecule has 0 amide bonds. The van der Waals surface area contributed by atoms with E-state index in [4.69, 9.17) is 16.4 Å². The van der Waals surface area contributed by atoms with Crippen LogP contribution in [0.4, 0.5) is 0 Å². The molecule has 0 atom stereocenters. The summed E-state index contributed by atoms with van der Waals surface area (Å²) in [5.41, 5.74) is 2.91. The Hall–Kier alpha value is -1.80. The molecule has 2 nitrogen and oxygen atoms in total. The normalized spacial score (nSPS) is 11.3. The van der Waals surface area contributed by atoms with E-state index in [2.05, 4.69) is 17.3 Å². The van der Waals surface area contributed by atoms with Gasteiger partial charge in [-0.05, 0) is 11.6 Å². The Kier molecular flexibility index (Phi) is 4.37. The van der Waals surface area contributed by atoms with Gasteiger partial charge in [-0.25, -0.2) is 0 Å². The highest BCUT2D eigenvalue weighted by atomic mass is 35.5. The van der Waals surface area contributed by atoms with Crippen molar-refractivity contribution in [3.63, 3.8) is 0 Å². The molecule has 92 valence electrons. The molecule has 0 heterocycles. The number of rotatable bonds is 4. The zero-order chi connectivity index (χ0) is 12.8. The van der Waals surface area contributed by atoms with E-state index >= 15 is 0 Å². The highest BCUT2D eigenvalue weighted by Crippen LogP contribution is 2.18. The topological polar surface area (TPSA) is 21.6 Å². The first-order chi connectivity index (χ1) is 8.81. The third kappa shape index (κ3) is 3.11. The molecule has 0 aromatic heterocycles. The van der Waals surface area contributed by atoms with Crippen LogP contribution in [0.25, 0.3) is 0 Å². The van der Waals surface area contributed by atoms with E-state index in [1.807, 2.05) is 42.5 Å². The first kappa shape index (κ1) is 12.7. The highest BCUT2D eigenvalue weighted by Gasteiger charge is 2.09. The third-order valence-corrected chi connectivity index (χ3v) is 2.93. The molecule has 0 unspecified atom stereocenters. The van der Waals surface area contributed by atoms with E-state index in [1.165, 1.54) is 5.56 Å². The molecule has 0 N–H and O–H groups in total. The van der Waals surface area contributed by atoms with Crippen LogP contribution in [0.2, 0.25) is 5.02 Å². The summed E-state index contributed by atoms with van der Waals surface area (Å²) < 4.78 is 0. The van der Waals surface area contributed by atoms with Crippen molar-refractivity contribution in [1.82, 2.24) is 0 Å². The lowest BCUT2D eigenvalue weighted by atomic mass is 10.0. The lowest BCUT2D eigenvalue weighted by Gasteiger charge is -2.08. The molecule has 0 fully saturated rings. The SMILES string of the molecule is CO/N=C(/Cc1ccccc1)c1ccccc1Cl. The van der Waals surface area contributed by atoms with Gasteiger partial charge in [-0.1, -0.05) is 65.3 Å². The number of halogens is 1. The molecular weight excluding hydrogens is 246 g/mol. The van der Waals surface area contributed by atoms with Gasteiger partial charge in [0.05, 0.1) is 5.71 Å². The maximum Gasteiger partial charge on any atom is 0.106 e. The summed E-state index contributed by atoms with van der Waals surface area (Å²) in [7, 11) is 1.54. The quantitative estimate of drug-likeness (QED) is 0.602. The van der Waals surface area contributed by atoms with Crippen LogP contribution in [0.5, 0.6) is 0 Å². The van der Waals surface area contributed by atoms with Crippen molar-refractivity contribution in [2.75, 3.05) is 7.11 Å². The van der Waals surface area contributed by atoms with Crippen molar-refractivity contribution in [1.29, 1.82) is 0 Å². The van der Waals surface area contributed by atoms with Crippen LogP contribution < -0.4 is 0 Å². The maximum absolute atomic E-state index is 6.18. The number of benzene rings is 2. The van der Waals surface area contributed by atoms with Crippen molar-refractivity contribution in [2.24, 2.45) is 5.16 Å². The van der Waals surface area contributed by atoms with Gasteiger partial charge in [-0.2, -0.15) is 0 Å². The summed E-state index contributed by atoms with van der Waals surface area (Å²) in [6.07, 6.45) is 0.693. The monoisotopic (exact) mass is 259 g/mol. The predicted molar refractivity (Wildman–Crippen MR) is 75.1 cm³/mol. The zero-order valence-corrected chi connectivity index (χ0v) is 10.9. The fourth-order valence-electron chi connectivity index (χ4n) is 1.77. The summed E-state index contributed by atoms with van der Waals surface area (Å²) >= 11 is 6.18. The largest absolute Gasteiger partial charge is 0.399 e. The van der Waals surface area contributed by atoms with Gasteiger partial charge in [0.15, 0.2) is 0 Å². The molecule has 18 heavy (non-hydrogen) atoms. The van der Waals surface area contributed by atoms with Gasteiger partial charge in [0.1, 0.15) is 7.11 Å². The molecule has 0 saturated carbocycles. The first-order valence-corrected chi connectivity index (χ1v) is 6.08. The van der Waals surface area contributed by atoms with Gasteiger partial charge in [0.2, 0.25) is 0 Å². The van der Waals surface area contributed by atoms with Gasteiger partial charge in [-0.15, -0.1) is 0 Å². The second kappa shape index (κ2) is 6.22. The van der Waals surface area contributed by atoms with Crippen molar-refractivity contribution in [3.8, 4) is 0 Å². The molecule has 0 aliphatic rings. The van der Waals surface area contributed by atoms with Crippen LogP contribution in [-0.4, -0.2) is 12.8 Å². The van der Waals surface area contributed by atoms with Crippen molar-refractivity contribution >= 4 is 17.3 Å². The van der Waals surface area contributed by atoms with Gasteiger partial charge in [0.25, 0.3) is 0 Å². The van der Waals surface area contributed by atoms with E-state index < -0.39 is 0 Å². The van der Waals surface area contributed by atoms with Crippen LogP contribution in [0.15, 0.2) is 59.8 Å². The zero-order valence-electron chi connectivity index (χ0n) is 10.1. The molecule has 3 heteroatoms. The molecule has 0 bridgehead atoms. The van der Waals surface area contributed by atoms with E-state index in [9.17, 15) is 0 Å². The average Bonchev–Trinajstić information content (AvgIpc) is 2.40. The summed E-state index contributed by atoms with van der Waals surface area (Å²) in [6.45, 7) is 0. The maximum atomic E-state index is 6.18. The first-order valence-electron chi connectivity index (χ1n) is 5.70. The predicted octanol–water partition coefficient (Wildman–Crippen LogP) is 3.93. The van der Waals surface area contributed by atoms with Crippen molar-refractivity contribution < 1.29 is 4.84 Å². The van der Waals surface area contributed by atoms with Crippen molar-refractivity contribution in [2.45, 2.75) is 6.42 Å². The Morgan fingerprint density at radius 1 is 1.06 bits per heavy atom. The standard InChI is InChI=1S/C15H14ClNO/c1-18-17-15(11-12-7-3-2-4-8-12)13-9-5-6-10-14(13)16/h2-10H,11H2,1H3/b17-15-. The number of hydrogen-bond donors (Lipinski definition) is 0. The molecule has 2 aromatic rings. The van der Waals surface area contributed by atoms with Crippen LogP contribution in [0, 0.1) is 0 Å². The van der Waals surface area contributed by atoms with E-state index in [0.29, 0.717) is 11.4 Å². The summed E-state index contributed by atoms with van der Waals surface area (Å²) in [4.78, 5) is 4.91. The summed E-state index contributed by atoms with van der Waals surface area (Å²) in [6, 6.07) is 17.8. The van der Waals surface area contributed by atoms with Crippen LogP contribution in [0.3, 0.4) is 0 Å². The fraction of sp³-hybridized carbons (Fsp3) is 0.133. The van der Waals surface area contributed by atoms with Crippen LogP contribution in [0.1, 0.15) is 11.1 Å². The number of hydrogen-bond acceptors (Lipinski definition) is 2. The molecule has 2 aromatic carbocycles.